The highest BCUT2D eigenvalue weighted by molar-refractivity contribution is 5.58. The van der Waals surface area contributed by atoms with Gasteiger partial charge in [0.25, 0.3) is 0 Å². The summed E-state index contributed by atoms with van der Waals surface area (Å²) in [6.07, 6.45) is 3.76. The normalized spacial score (nSPS) is 21.9. The number of nitrogens with one attached hydrogen (secondary N) is 1. The summed E-state index contributed by atoms with van der Waals surface area (Å²) in [5.41, 5.74) is 0.435. The van der Waals surface area contributed by atoms with Crippen LogP contribution < -0.4 is 10.2 Å². The smallest absolute Gasteiger partial charge is 0.331 e. The van der Waals surface area contributed by atoms with Gasteiger partial charge in [0.2, 0.25) is 5.82 Å². The molecule has 1 aliphatic heterocycles. The second-order valence-electron chi connectivity index (χ2n) is 5.33. The fraction of sp³-hybridized carbons (Fsp3) is 0.727. The molecule has 0 bridgehead atoms. The van der Waals surface area contributed by atoms with Gasteiger partial charge in [0.1, 0.15) is 6.20 Å². The predicted molar refractivity (Wildman–Crippen MR) is 66.6 cm³/mol. The fourth-order valence-corrected chi connectivity index (χ4v) is 2.71. The lowest BCUT2D eigenvalue weighted by Crippen LogP contribution is -2.32. The lowest BCUT2D eigenvalue weighted by molar-refractivity contribution is -0.384. The molecule has 3 rings (SSSR count). The Morgan fingerprint density at radius 3 is 3.00 bits per heavy atom. The largest absolute Gasteiger partial charge is 0.349 e. The highest BCUT2D eigenvalue weighted by Gasteiger charge is 2.45. The lowest BCUT2D eigenvalue weighted by atomic mass is 10.1. The van der Waals surface area contributed by atoms with Crippen molar-refractivity contribution >= 4 is 11.5 Å². The van der Waals surface area contributed by atoms with Gasteiger partial charge in [-0.25, -0.2) is 4.68 Å². The summed E-state index contributed by atoms with van der Waals surface area (Å²) in [4.78, 5) is 12.8. The maximum absolute atomic E-state index is 11.1. The minimum atomic E-state index is -0.347. The van der Waals surface area contributed by atoms with Crippen molar-refractivity contribution in [2.75, 3.05) is 31.1 Å². The van der Waals surface area contributed by atoms with Gasteiger partial charge >= 0.3 is 5.69 Å². The average molecular weight is 251 g/mol. The molecule has 0 atom stereocenters. The van der Waals surface area contributed by atoms with Crippen molar-refractivity contribution in [1.29, 1.82) is 0 Å². The van der Waals surface area contributed by atoms with Crippen molar-refractivity contribution in [3.8, 4) is 0 Å². The number of nitro groups is 1. The molecule has 0 unspecified atom stereocenters. The molecule has 0 radical (unpaired) electrons. The van der Waals surface area contributed by atoms with Gasteiger partial charge in [0.05, 0.1) is 4.92 Å². The Balaban J connectivity index is 1.93. The van der Waals surface area contributed by atoms with Gasteiger partial charge in [-0.05, 0) is 12.8 Å². The van der Waals surface area contributed by atoms with Gasteiger partial charge in [0.15, 0.2) is 0 Å². The molecule has 1 saturated carbocycles. The summed E-state index contributed by atoms with van der Waals surface area (Å²) in [5, 5.41) is 18.5. The van der Waals surface area contributed by atoms with Gasteiger partial charge in [-0.3, -0.25) is 10.1 Å². The minimum absolute atomic E-state index is 0.107. The molecule has 1 aromatic heterocycles. The number of anilines is 1. The summed E-state index contributed by atoms with van der Waals surface area (Å²) < 4.78 is 1.61. The molecule has 1 aliphatic carbocycles. The maximum atomic E-state index is 11.1. The first kappa shape index (κ1) is 11.5. The van der Waals surface area contributed by atoms with Gasteiger partial charge < -0.3 is 10.2 Å². The van der Waals surface area contributed by atoms with Crippen molar-refractivity contribution in [2.24, 2.45) is 12.5 Å². The third kappa shape index (κ3) is 1.84. The Hall–Kier alpha value is -1.63. The van der Waals surface area contributed by atoms with Crippen LogP contribution in [0.3, 0.4) is 0 Å². The first-order valence-corrected chi connectivity index (χ1v) is 6.23. The maximum Gasteiger partial charge on any atom is 0.331 e. The van der Waals surface area contributed by atoms with Crippen molar-refractivity contribution in [1.82, 2.24) is 15.1 Å². The summed E-state index contributed by atoms with van der Waals surface area (Å²) >= 11 is 0. The molecule has 1 saturated heterocycles. The van der Waals surface area contributed by atoms with E-state index < -0.39 is 0 Å². The minimum Gasteiger partial charge on any atom is -0.349 e. The molecule has 1 N–H and O–H groups in total. The van der Waals surface area contributed by atoms with Crippen LogP contribution in [0.15, 0.2) is 6.20 Å². The molecule has 7 heteroatoms. The molecule has 2 heterocycles. The first-order valence-electron chi connectivity index (χ1n) is 6.23. The number of aromatic nitrogens is 2. The Labute approximate surface area is 105 Å². The molecule has 98 valence electrons. The first-order chi connectivity index (χ1) is 8.61. The lowest BCUT2D eigenvalue weighted by Gasteiger charge is -2.24. The molecule has 1 aromatic rings. The Bertz CT molecular complexity index is 480. The van der Waals surface area contributed by atoms with E-state index in [1.54, 1.807) is 11.7 Å². The van der Waals surface area contributed by atoms with Crippen LogP contribution in [0.2, 0.25) is 0 Å². The molecule has 18 heavy (non-hydrogen) atoms. The van der Waals surface area contributed by atoms with E-state index in [9.17, 15) is 10.1 Å². The van der Waals surface area contributed by atoms with E-state index in [1.807, 2.05) is 0 Å². The van der Waals surface area contributed by atoms with E-state index in [1.165, 1.54) is 19.0 Å². The third-order valence-electron chi connectivity index (χ3n) is 3.93. The summed E-state index contributed by atoms with van der Waals surface area (Å²) in [5.74, 6) is 0.634. The van der Waals surface area contributed by atoms with Gasteiger partial charge in [-0.15, -0.1) is 0 Å². The zero-order valence-electron chi connectivity index (χ0n) is 10.4. The molecular formula is C11H17N5O2. The van der Waals surface area contributed by atoms with E-state index in [0.29, 0.717) is 11.2 Å². The number of hydrogen-bond acceptors (Lipinski definition) is 5. The second kappa shape index (κ2) is 3.94. The van der Waals surface area contributed by atoms with Crippen LogP contribution in [0.5, 0.6) is 0 Å². The SMILES string of the molecule is Cn1ncc([N+](=O)[O-])c1N1CCNCC2(CC2)C1. The highest BCUT2D eigenvalue weighted by Crippen LogP contribution is 2.47. The number of hydrogen-bond donors (Lipinski definition) is 1. The van der Waals surface area contributed by atoms with Crippen LogP contribution in [0.1, 0.15) is 12.8 Å². The van der Waals surface area contributed by atoms with Gasteiger partial charge in [-0.2, -0.15) is 5.10 Å². The van der Waals surface area contributed by atoms with Crippen molar-refractivity contribution in [3.63, 3.8) is 0 Å². The van der Waals surface area contributed by atoms with E-state index in [2.05, 4.69) is 15.3 Å². The molecule has 0 amide bonds. The highest BCUT2D eigenvalue weighted by atomic mass is 16.6. The summed E-state index contributed by atoms with van der Waals surface area (Å²) in [6, 6.07) is 0. The van der Waals surface area contributed by atoms with Crippen LogP contribution in [-0.2, 0) is 7.05 Å². The van der Waals surface area contributed by atoms with E-state index in [-0.39, 0.29) is 10.6 Å². The van der Waals surface area contributed by atoms with E-state index in [0.717, 1.165) is 26.2 Å². The Morgan fingerprint density at radius 2 is 2.33 bits per heavy atom. The quantitative estimate of drug-likeness (QED) is 0.612. The number of rotatable bonds is 2. The van der Waals surface area contributed by atoms with Crippen LogP contribution in [0.4, 0.5) is 11.5 Å². The number of nitrogens with zero attached hydrogens (tertiary/aromatic N) is 4. The summed E-state index contributed by atoms with van der Waals surface area (Å²) in [7, 11) is 1.76. The topological polar surface area (TPSA) is 76.2 Å². The zero-order chi connectivity index (χ0) is 12.8. The van der Waals surface area contributed by atoms with Crippen molar-refractivity contribution in [3.05, 3.63) is 16.3 Å². The molecule has 0 aromatic carbocycles. The Kier molecular flexibility index (Phi) is 2.51. The monoisotopic (exact) mass is 251 g/mol. The zero-order valence-corrected chi connectivity index (χ0v) is 10.4. The van der Waals surface area contributed by atoms with E-state index in [4.69, 9.17) is 0 Å². The van der Waals surface area contributed by atoms with E-state index >= 15 is 0 Å². The molecule has 2 aliphatic rings. The molecule has 7 nitrogen and oxygen atoms in total. The van der Waals surface area contributed by atoms with Crippen molar-refractivity contribution < 1.29 is 4.92 Å². The number of aryl methyl sites for hydroxylation is 1. The van der Waals surface area contributed by atoms with Crippen molar-refractivity contribution in [2.45, 2.75) is 12.8 Å². The van der Waals surface area contributed by atoms with Crippen LogP contribution >= 0.6 is 0 Å². The van der Waals surface area contributed by atoms with Gasteiger partial charge in [-0.1, -0.05) is 0 Å². The third-order valence-corrected chi connectivity index (χ3v) is 3.93. The van der Waals surface area contributed by atoms with Crippen LogP contribution in [-0.4, -0.2) is 40.9 Å². The molecule has 2 fully saturated rings. The van der Waals surface area contributed by atoms with Gasteiger partial charge in [0, 0.05) is 38.6 Å². The van der Waals surface area contributed by atoms with Crippen LogP contribution in [0, 0.1) is 15.5 Å². The van der Waals surface area contributed by atoms with Crippen LogP contribution in [0.25, 0.3) is 0 Å². The molecular weight excluding hydrogens is 234 g/mol. The molecule has 1 spiro atoms. The Morgan fingerprint density at radius 1 is 1.56 bits per heavy atom. The predicted octanol–water partition coefficient (Wildman–Crippen LogP) is 0.518. The summed E-state index contributed by atoms with van der Waals surface area (Å²) in [6.45, 7) is 3.57. The second-order valence-corrected chi connectivity index (χ2v) is 5.33. The standard InChI is InChI=1S/C11H17N5O2/c1-14-10(9(6-13-14)16(17)18)15-5-4-12-7-11(8-15)2-3-11/h6,12H,2-5,7-8H2,1H3. The average Bonchev–Trinajstić information content (AvgIpc) is 3.03. The fourth-order valence-electron chi connectivity index (χ4n) is 2.71.